The maximum absolute atomic E-state index is 13.2. The zero-order valence-corrected chi connectivity index (χ0v) is 16.5. The van der Waals surface area contributed by atoms with E-state index in [-0.39, 0.29) is 29.6 Å². The van der Waals surface area contributed by atoms with Gasteiger partial charge in [-0.3, -0.25) is 9.59 Å². The summed E-state index contributed by atoms with van der Waals surface area (Å²) in [5, 5.41) is 5.14. The summed E-state index contributed by atoms with van der Waals surface area (Å²) in [5.41, 5.74) is -1.49. The molecule has 3 rings (SSSR count). The number of rotatable bonds is 7. The number of halogens is 5. The third-order valence-electron chi connectivity index (χ3n) is 4.57. The molecule has 1 aliphatic heterocycles. The van der Waals surface area contributed by atoms with Crippen LogP contribution in [-0.4, -0.2) is 37.4 Å². The summed E-state index contributed by atoms with van der Waals surface area (Å²) in [5.74, 6) is -1.50. The van der Waals surface area contributed by atoms with Crippen molar-refractivity contribution in [3.05, 3.63) is 53.6 Å². The van der Waals surface area contributed by atoms with Crippen molar-refractivity contribution in [3.8, 4) is 17.2 Å². The van der Waals surface area contributed by atoms with Crippen molar-refractivity contribution in [2.45, 2.75) is 31.5 Å². The maximum Gasteiger partial charge on any atom is 0.416 e. The van der Waals surface area contributed by atoms with Gasteiger partial charge in [-0.25, -0.2) is 8.78 Å². The molecular weight excluding hydrogens is 439 g/mol. The van der Waals surface area contributed by atoms with E-state index in [0.717, 1.165) is 12.1 Å². The smallest absolute Gasteiger partial charge is 0.416 e. The highest BCUT2D eigenvalue weighted by molar-refractivity contribution is 5.97. The van der Waals surface area contributed by atoms with Crippen LogP contribution in [0.1, 0.15) is 28.8 Å². The van der Waals surface area contributed by atoms with Crippen LogP contribution in [0.15, 0.2) is 42.5 Å². The molecule has 0 saturated carbocycles. The monoisotopic (exact) mass is 458 g/mol. The van der Waals surface area contributed by atoms with Crippen LogP contribution in [0.4, 0.5) is 22.0 Å². The van der Waals surface area contributed by atoms with Gasteiger partial charge < -0.3 is 20.1 Å². The third kappa shape index (κ3) is 6.08. The molecule has 0 aromatic heterocycles. The lowest BCUT2D eigenvalue weighted by atomic mass is 10.0. The predicted octanol–water partition coefficient (Wildman–Crippen LogP) is 4.15. The van der Waals surface area contributed by atoms with Gasteiger partial charge in [-0.05, 0) is 36.8 Å². The number of amides is 2. The predicted molar refractivity (Wildman–Crippen MR) is 103 cm³/mol. The zero-order chi connectivity index (χ0) is 23.3. The van der Waals surface area contributed by atoms with Gasteiger partial charge in [0.2, 0.25) is 5.91 Å². The van der Waals surface area contributed by atoms with Gasteiger partial charge in [-0.15, -0.1) is 0 Å². The second-order valence-electron chi connectivity index (χ2n) is 6.97. The molecule has 0 spiro atoms. The minimum absolute atomic E-state index is 0.00874. The number of hydrogen-bond acceptors (Lipinski definition) is 4. The topological polar surface area (TPSA) is 76.7 Å². The SMILES string of the molecule is O=C1CC(NC(=O)c2cc(C(F)(F)F)ccc2Oc2ccccc2OCC(F)F)CCN1. The first-order chi connectivity index (χ1) is 15.1. The number of alkyl halides is 5. The van der Waals surface area contributed by atoms with Crippen LogP contribution in [0.2, 0.25) is 0 Å². The van der Waals surface area contributed by atoms with Crippen molar-refractivity contribution in [1.82, 2.24) is 10.6 Å². The molecule has 1 fully saturated rings. The van der Waals surface area contributed by atoms with Crippen LogP contribution in [0, 0.1) is 0 Å². The number of piperidine rings is 1. The van der Waals surface area contributed by atoms with Gasteiger partial charge in [0.1, 0.15) is 12.4 Å². The van der Waals surface area contributed by atoms with E-state index in [2.05, 4.69) is 10.6 Å². The fourth-order valence-corrected chi connectivity index (χ4v) is 3.07. The van der Waals surface area contributed by atoms with Crippen LogP contribution in [-0.2, 0) is 11.0 Å². The summed E-state index contributed by atoms with van der Waals surface area (Å²) in [4.78, 5) is 24.3. The lowest BCUT2D eigenvalue weighted by Gasteiger charge is -2.24. The van der Waals surface area contributed by atoms with Gasteiger partial charge in [-0.2, -0.15) is 13.2 Å². The van der Waals surface area contributed by atoms with Crippen LogP contribution < -0.4 is 20.1 Å². The Morgan fingerprint density at radius 1 is 1.12 bits per heavy atom. The molecule has 172 valence electrons. The molecule has 1 heterocycles. The Morgan fingerprint density at radius 3 is 2.50 bits per heavy atom. The Hall–Kier alpha value is -3.37. The Labute approximate surface area is 179 Å². The summed E-state index contributed by atoms with van der Waals surface area (Å²) in [6, 6.07) is 7.51. The molecule has 11 heteroatoms. The van der Waals surface area contributed by atoms with Crippen molar-refractivity contribution in [3.63, 3.8) is 0 Å². The largest absolute Gasteiger partial charge is 0.484 e. The quantitative estimate of drug-likeness (QED) is 0.612. The van der Waals surface area contributed by atoms with Gasteiger partial charge in [-0.1, -0.05) is 12.1 Å². The molecule has 6 nitrogen and oxygen atoms in total. The first kappa shape index (κ1) is 23.3. The van der Waals surface area contributed by atoms with E-state index in [4.69, 9.17) is 9.47 Å². The number of ether oxygens (including phenoxy) is 2. The van der Waals surface area contributed by atoms with Gasteiger partial charge in [0.25, 0.3) is 12.3 Å². The van der Waals surface area contributed by atoms with Crippen molar-refractivity contribution in [2.75, 3.05) is 13.2 Å². The number of carbonyl (C=O) groups excluding carboxylic acids is 2. The molecule has 2 amide bonds. The number of para-hydroxylation sites is 2. The number of nitrogens with one attached hydrogen (secondary N) is 2. The molecule has 0 aliphatic carbocycles. The number of hydrogen-bond donors (Lipinski definition) is 2. The minimum Gasteiger partial charge on any atom is -0.484 e. The van der Waals surface area contributed by atoms with Crippen molar-refractivity contribution >= 4 is 11.8 Å². The highest BCUT2D eigenvalue weighted by Crippen LogP contribution is 2.37. The van der Waals surface area contributed by atoms with Crippen molar-refractivity contribution in [1.29, 1.82) is 0 Å². The first-order valence-electron chi connectivity index (χ1n) is 9.60. The molecular formula is C21H19F5N2O4. The molecule has 32 heavy (non-hydrogen) atoms. The van der Waals surface area contributed by atoms with Crippen LogP contribution in [0.5, 0.6) is 17.2 Å². The third-order valence-corrected chi connectivity index (χ3v) is 4.57. The Balaban J connectivity index is 1.90. The second-order valence-corrected chi connectivity index (χ2v) is 6.97. The first-order valence-corrected chi connectivity index (χ1v) is 9.60. The normalized spacial score (nSPS) is 16.4. The summed E-state index contributed by atoms with van der Waals surface area (Å²) in [6.07, 6.45) is -7.05. The molecule has 2 aromatic carbocycles. The van der Waals surface area contributed by atoms with Crippen LogP contribution >= 0.6 is 0 Å². The standard InChI is InChI=1S/C21H19F5N2O4/c22-18(23)11-31-16-3-1-2-4-17(16)32-15-6-5-12(21(24,25)26)9-14(15)20(30)28-13-7-8-27-19(29)10-13/h1-6,9,13,18H,7-8,10-11H2,(H,27,29)(H,28,30). The van der Waals surface area contributed by atoms with E-state index in [1.165, 1.54) is 24.3 Å². The summed E-state index contributed by atoms with van der Waals surface area (Å²) in [7, 11) is 0. The van der Waals surface area contributed by atoms with Gasteiger partial charge >= 0.3 is 6.18 Å². The van der Waals surface area contributed by atoms with E-state index >= 15 is 0 Å². The molecule has 1 unspecified atom stereocenters. The Kier molecular flexibility index (Phi) is 7.16. The maximum atomic E-state index is 13.2. The fraction of sp³-hybridized carbons (Fsp3) is 0.333. The van der Waals surface area contributed by atoms with Gasteiger partial charge in [0.05, 0.1) is 11.1 Å². The average Bonchev–Trinajstić information content (AvgIpc) is 2.72. The molecule has 1 aliphatic rings. The summed E-state index contributed by atoms with van der Waals surface area (Å²) >= 11 is 0. The molecule has 2 aromatic rings. The number of benzene rings is 2. The summed E-state index contributed by atoms with van der Waals surface area (Å²) in [6.45, 7) is -0.588. The molecule has 0 bridgehead atoms. The lowest BCUT2D eigenvalue weighted by molar-refractivity contribution is -0.137. The van der Waals surface area contributed by atoms with Crippen LogP contribution in [0.25, 0.3) is 0 Å². The van der Waals surface area contributed by atoms with E-state index in [1.54, 1.807) is 0 Å². The fourth-order valence-electron chi connectivity index (χ4n) is 3.07. The second kappa shape index (κ2) is 9.84. The highest BCUT2D eigenvalue weighted by atomic mass is 19.4. The average molecular weight is 458 g/mol. The van der Waals surface area contributed by atoms with E-state index in [0.29, 0.717) is 19.0 Å². The Bertz CT molecular complexity index is 981. The van der Waals surface area contributed by atoms with Crippen molar-refractivity contribution in [2.24, 2.45) is 0 Å². The Morgan fingerprint density at radius 2 is 1.84 bits per heavy atom. The van der Waals surface area contributed by atoms with Gasteiger partial charge in [0, 0.05) is 19.0 Å². The van der Waals surface area contributed by atoms with E-state index in [1.807, 2.05) is 0 Å². The molecule has 1 saturated heterocycles. The lowest BCUT2D eigenvalue weighted by Crippen LogP contribution is -2.45. The van der Waals surface area contributed by atoms with Crippen molar-refractivity contribution < 1.29 is 41.0 Å². The van der Waals surface area contributed by atoms with Crippen LogP contribution in [0.3, 0.4) is 0 Å². The molecule has 1 atom stereocenters. The minimum atomic E-state index is -4.71. The van der Waals surface area contributed by atoms with E-state index < -0.39 is 42.3 Å². The zero-order valence-electron chi connectivity index (χ0n) is 16.5. The molecule has 2 N–H and O–H groups in total. The number of carbonyl (C=O) groups is 2. The van der Waals surface area contributed by atoms with E-state index in [9.17, 15) is 31.5 Å². The molecule has 0 radical (unpaired) electrons. The van der Waals surface area contributed by atoms with Gasteiger partial charge in [0.15, 0.2) is 11.5 Å². The summed E-state index contributed by atoms with van der Waals surface area (Å²) < 4.78 is 75.3. The highest BCUT2D eigenvalue weighted by Gasteiger charge is 2.33.